The Hall–Kier alpha value is -2.17. The molecule has 0 spiro atoms. The average Bonchev–Trinajstić information content (AvgIpc) is 3.32. The predicted octanol–water partition coefficient (Wildman–Crippen LogP) is 2.74. The molecule has 1 aromatic rings. The van der Waals surface area contributed by atoms with E-state index < -0.39 is 22.0 Å². The number of hydrogen-bond acceptors (Lipinski definition) is 5. The van der Waals surface area contributed by atoms with Gasteiger partial charge in [-0.1, -0.05) is 51.4 Å². The number of amides is 3. The van der Waals surface area contributed by atoms with Crippen LogP contribution in [-0.2, 0) is 24.4 Å². The highest BCUT2D eigenvalue weighted by Crippen LogP contribution is 2.42. The second-order valence-corrected chi connectivity index (χ2v) is 13.8. The van der Waals surface area contributed by atoms with Crippen LogP contribution in [0.5, 0.6) is 0 Å². The van der Waals surface area contributed by atoms with Gasteiger partial charge in [-0.05, 0) is 54.2 Å². The number of likely N-dealkylation sites (tertiary alicyclic amines) is 2. The van der Waals surface area contributed by atoms with E-state index in [1.165, 1.54) is 5.56 Å². The third-order valence-corrected chi connectivity index (χ3v) is 8.88. The fourth-order valence-electron chi connectivity index (χ4n) is 5.62. The van der Waals surface area contributed by atoms with E-state index in [2.05, 4.69) is 31.3 Å². The summed E-state index contributed by atoms with van der Waals surface area (Å²) in [5, 5.41) is 8.67. The molecule has 3 N–H and O–H groups in total. The first-order chi connectivity index (χ1) is 17.7. The van der Waals surface area contributed by atoms with Crippen LogP contribution in [-0.4, -0.2) is 73.9 Å². The Morgan fingerprint density at radius 2 is 1.74 bits per heavy atom. The Bertz CT molecular complexity index is 1120. The lowest BCUT2D eigenvalue weighted by Crippen LogP contribution is -2.56. The molecule has 2 aliphatic heterocycles. The molecule has 212 valence electrons. The Labute approximate surface area is 231 Å². The Balaban J connectivity index is 1.57. The smallest absolute Gasteiger partial charge is 0.245 e. The molecule has 0 bridgehead atoms. The van der Waals surface area contributed by atoms with Crippen LogP contribution in [0.1, 0.15) is 64.9 Å². The number of benzene rings is 1. The molecule has 0 saturated carbocycles. The van der Waals surface area contributed by atoms with Crippen molar-refractivity contribution in [3.63, 3.8) is 0 Å². The van der Waals surface area contributed by atoms with Crippen molar-refractivity contribution in [3.8, 4) is 0 Å². The second kappa shape index (κ2) is 12.3. The fraction of sp³-hybridized carbons (Fsp3) is 0.667. The molecule has 2 saturated heterocycles. The first kappa shape index (κ1) is 30.4. The van der Waals surface area contributed by atoms with Crippen molar-refractivity contribution in [2.24, 2.45) is 22.4 Å². The van der Waals surface area contributed by atoms with Gasteiger partial charge in [0.15, 0.2) is 0 Å². The molecule has 1 aromatic carbocycles. The van der Waals surface area contributed by atoms with Crippen molar-refractivity contribution >= 4 is 39.3 Å². The molecule has 0 aliphatic carbocycles. The van der Waals surface area contributed by atoms with Gasteiger partial charge >= 0.3 is 0 Å². The summed E-state index contributed by atoms with van der Waals surface area (Å²) < 4.78 is 22.2. The molecule has 11 heteroatoms. The minimum absolute atomic E-state index is 0.0691. The molecule has 9 nitrogen and oxygen atoms in total. The minimum Gasteiger partial charge on any atom is -0.344 e. The SMILES string of the molecule is CC(C)[C@@H](NC(=O)[C@@H]1CCN(C(=O)CCCS(N)(=O)=O)C1)C(=O)N1CC[C@H](c2ccc(Cl)cc2)C(C)(C)C1. The molecule has 0 unspecified atom stereocenters. The van der Waals surface area contributed by atoms with E-state index in [0.29, 0.717) is 37.0 Å². The highest BCUT2D eigenvalue weighted by Gasteiger charge is 2.41. The third kappa shape index (κ3) is 7.93. The number of nitrogens with zero attached hydrogens (tertiary/aromatic N) is 2. The number of carbonyl (C=O) groups is 3. The maximum Gasteiger partial charge on any atom is 0.245 e. The van der Waals surface area contributed by atoms with Crippen molar-refractivity contribution in [3.05, 3.63) is 34.9 Å². The maximum atomic E-state index is 13.6. The van der Waals surface area contributed by atoms with E-state index >= 15 is 0 Å². The quantitative estimate of drug-likeness (QED) is 0.473. The van der Waals surface area contributed by atoms with Crippen molar-refractivity contribution in [2.45, 2.75) is 65.3 Å². The number of halogens is 1. The Morgan fingerprint density at radius 3 is 2.32 bits per heavy atom. The normalized spacial score (nSPS) is 22.4. The molecule has 2 fully saturated rings. The van der Waals surface area contributed by atoms with Crippen LogP contribution in [0.3, 0.4) is 0 Å². The first-order valence-electron chi connectivity index (χ1n) is 13.3. The number of hydrogen-bond donors (Lipinski definition) is 2. The van der Waals surface area contributed by atoms with Gasteiger partial charge in [0.25, 0.3) is 0 Å². The number of piperidine rings is 1. The summed E-state index contributed by atoms with van der Waals surface area (Å²) in [6.07, 6.45) is 1.55. The van der Waals surface area contributed by atoms with E-state index in [0.717, 1.165) is 6.42 Å². The number of carbonyl (C=O) groups excluding carboxylic acids is 3. The van der Waals surface area contributed by atoms with Crippen LogP contribution in [0.2, 0.25) is 5.02 Å². The summed E-state index contributed by atoms with van der Waals surface area (Å²) in [6, 6.07) is 7.26. The summed E-state index contributed by atoms with van der Waals surface area (Å²) in [7, 11) is -3.61. The highest BCUT2D eigenvalue weighted by molar-refractivity contribution is 7.89. The topological polar surface area (TPSA) is 130 Å². The lowest BCUT2D eigenvalue weighted by Gasteiger charge is -2.45. The van der Waals surface area contributed by atoms with Crippen molar-refractivity contribution in [2.75, 3.05) is 31.9 Å². The molecular weight excluding hydrogens is 528 g/mol. The van der Waals surface area contributed by atoms with Gasteiger partial charge in [-0.15, -0.1) is 0 Å². The molecule has 2 heterocycles. The van der Waals surface area contributed by atoms with Gasteiger partial charge < -0.3 is 15.1 Å². The van der Waals surface area contributed by atoms with Gasteiger partial charge in [-0.2, -0.15) is 0 Å². The van der Waals surface area contributed by atoms with Crippen LogP contribution in [0, 0.1) is 17.3 Å². The molecule has 3 amide bonds. The minimum atomic E-state index is -3.61. The highest BCUT2D eigenvalue weighted by atomic mass is 35.5. The number of sulfonamides is 1. The van der Waals surface area contributed by atoms with E-state index in [1.807, 2.05) is 30.9 Å². The summed E-state index contributed by atoms with van der Waals surface area (Å²) in [5.74, 6) is -0.951. The van der Waals surface area contributed by atoms with Crippen molar-refractivity contribution in [1.82, 2.24) is 15.1 Å². The standard InChI is InChI=1S/C27H41ClN4O5S/c1-18(2)24(30-25(34)20-11-13-31(16-20)23(33)6-5-15-38(29,36)37)26(35)32-14-12-22(27(3,4)17-32)19-7-9-21(28)10-8-19/h7-10,18,20,22,24H,5-6,11-17H2,1-4H3,(H,30,34)(H2,29,36,37)/t20-,22-,24-/m1/s1. The Kier molecular flexibility index (Phi) is 9.87. The maximum absolute atomic E-state index is 13.6. The summed E-state index contributed by atoms with van der Waals surface area (Å²) >= 11 is 6.07. The zero-order valence-electron chi connectivity index (χ0n) is 22.8. The summed E-state index contributed by atoms with van der Waals surface area (Å²) in [6.45, 7) is 10.1. The molecule has 0 radical (unpaired) electrons. The van der Waals surface area contributed by atoms with Gasteiger partial charge in [0.2, 0.25) is 27.7 Å². The van der Waals surface area contributed by atoms with Gasteiger partial charge in [0.1, 0.15) is 6.04 Å². The lowest BCUT2D eigenvalue weighted by atomic mass is 9.70. The zero-order chi connectivity index (χ0) is 28.3. The number of nitrogens with two attached hydrogens (primary N) is 1. The number of rotatable bonds is 9. The molecule has 3 rings (SSSR count). The van der Waals surface area contributed by atoms with Crippen LogP contribution < -0.4 is 10.5 Å². The van der Waals surface area contributed by atoms with Gasteiger partial charge in [-0.3, -0.25) is 14.4 Å². The molecule has 3 atom stereocenters. The summed E-state index contributed by atoms with van der Waals surface area (Å²) in [4.78, 5) is 42.6. The number of nitrogens with one attached hydrogen (secondary N) is 1. The van der Waals surface area contributed by atoms with Crippen LogP contribution in [0.25, 0.3) is 0 Å². The second-order valence-electron chi connectivity index (χ2n) is 11.7. The monoisotopic (exact) mass is 568 g/mol. The van der Waals surface area contributed by atoms with Gasteiger partial charge in [0.05, 0.1) is 11.7 Å². The van der Waals surface area contributed by atoms with Gasteiger partial charge in [0, 0.05) is 37.6 Å². The van der Waals surface area contributed by atoms with E-state index in [9.17, 15) is 22.8 Å². The zero-order valence-corrected chi connectivity index (χ0v) is 24.4. The molecule has 0 aromatic heterocycles. The first-order valence-corrected chi connectivity index (χ1v) is 15.4. The van der Waals surface area contributed by atoms with E-state index in [4.69, 9.17) is 16.7 Å². The molecule has 2 aliphatic rings. The Morgan fingerprint density at radius 1 is 1.11 bits per heavy atom. The predicted molar refractivity (Wildman–Crippen MR) is 148 cm³/mol. The molecule has 38 heavy (non-hydrogen) atoms. The third-order valence-electron chi connectivity index (χ3n) is 7.78. The average molecular weight is 569 g/mol. The van der Waals surface area contributed by atoms with Crippen molar-refractivity contribution < 1.29 is 22.8 Å². The number of primary sulfonamides is 1. The summed E-state index contributed by atoms with van der Waals surface area (Å²) in [5.41, 5.74) is 1.06. The van der Waals surface area contributed by atoms with Crippen LogP contribution >= 0.6 is 11.6 Å². The van der Waals surface area contributed by atoms with E-state index in [-0.39, 0.29) is 54.2 Å². The van der Waals surface area contributed by atoms with E-state index in [1.54, 1.807) is 4.90 Å². The largest absolute Gasteiger partial charge is 0.344 e. The fourth-order valence-corrected chi connectivity index (χ4v) is 6.30. The molecular formula is C27H41ClN4O5S. The lowest BCUT2D eigenvalue weighted by molar-refractivity contribution is -0.141. The van der Waals surface area contributed by atoms with Gasteiger partial charge in [-0.25, -0.2) is 13.6 Å². The van der Waals surface area contributed by atoms with Crippen molar-refractivity contribution in [1.29, 1.82) is 0 Å². The van der Waals surface area contributed by atoms with Crippen LogP contribution in [0.4, 0.5) is 0 Å². The van der Waals surface area contributed by atoms with Crippen LogP contribution in [0.15, 0.2) is 24.3 Å².